The van der Waals surface area contributed by atoms with Crippen molar-refractivity contribution < 1.29 is 9.53 Å². The quantitative estimate of drug-likeness (QED) is 0.516. The van der Waals surface area contributed by atoms with Crippen LogP contribution in [-0.2, 0) is 9.53 Å². The Morgan fingerprint density at radius 1 is 1.07 bits per heavy atom. The number of hydrogen-bond donors (Lipinski definition) is 0. The lowest BCUT2D eigenvalue weighted by molar-refractivity contribution is -0.114. The molecule has 1 aliphatic carbocycles. The molecule has 0 radical (unpaired) electrons. The molecule has 1 spiro atoms. The highest BCUT2D eigenvalue weighted by Gasteiger charge is 2.53. The van der Waals surface area contributed by atoms with Gasteiger partial charge in [-0.25, -0.2) is 0 Å². The third-order valence-corrected chi connectivity index (χ3v) is 6.25. The molecule has 1 fully saturated rings. The Kier molecular flexibility index (Phi) is 5.27. The van der Waals surface area contributed by atoms with Gasteiger partial charge in [0, 0.05) is 33.1 Å². The molecule has 0 N–H and O–H groups in total. The van der Waals surface area contributed by atoms with Gasteiger partial charge in [-0.15, -0.1) is 6.58 Å². The summed E-state index contributed by atoms with van der Waals surface area (Å²) in [4.78, 5) is 13.4. The van der Waals surface area contributed by atoms with Crippen molar-refractivity contribution in [2.45, 2.75) is 47.6 Å². The molecule has 2 atom stereocenters. The van der Waals surface area contributed by atoms with Crippen LogP contribution in [0.2, 0.25) is 5.02 Å². The summed E-state index contributed by atoms with van der Waals surface area (Å²) in [5, 5.41) is 0.685. The number of carbonyl (C=O) groups excluding carboxylic acids is 1. The highest BCUT2D eigenvalue weighted by molar-refractivity contribution is 6.31. The lowest BCUT2D eigenvalue weighted by Crippen LogP contribution is -2.37. The number of ether oxygens (including phenoxy) is 1. The molecule has 3 heteroatoms. The van der Waals surface area contributed by atoms with Crippen LogP contribution in [0.4, 0.5) is 0 Å². The number of ketones is 1. The maximum atomic E-state index is 13.4. The number of benzene rings is 1. The van der Waals surface area contributed by atoms with Crippen molar-refractivity contribution in [3.63, 3.8) is 0 Å². The van der Waals surface area contributed by atoms with E-state index in [1.54, 1.807) is 0 Å². The lowest BCUT2D eigenvalue weighted by Gasteiger charge is -2.41. The highest BCUT2D eigenvalue weighted by atomic mass is 35.5. The van der Waals surface area contributed by atoms with Crippen LogP contribution in [0.1, 0.15) is 53.2 Å². The van der Waals surface area contributed by atoms with Crippen LogP contribution in [0.5, 0.6) is 0 Å². The van der Waals surface area contributed by atoms with Crippen molar-refractivity contribution in [2.24, 2.45) is 22.2 Å². The minimum Gasteiger partial charge on any atom is -0.372 e. The first-order valence-electron chi connectivity index (χ1n) is 9.92. The van der Waals surface area contributed by atoms with Crippen LogP contribution in [0.25, 0.3) is 0 Å². The summed E-state index contributed by atoms with van der Waals surface area (Å²) < 4.78 is 6.32. The molecule has 1 saturated heterocycles. The van der Waals surface area contributed by atoms with E-state index >= 15 is 0 Å². The average Bonchev–Trinajstić information content (AvgIpc) is 2.93. The van der Waals surface area contributed by atoms with Crippen LogP contribution < -0.4 is 0 Å². The normalized spacial score (nSPS) is 24.9. The fourth-order valence-electron chi connectivity index (χ4n) is 4.30. The van der Waals surface area contributed by atoms with Gasteiger partial charge in [0.25, 0.3) is 0 Å². The van der Waals surface area contributed by atoms with E-state index in [9.17, 15) is 4.79 Å². The van der Waals surface area contributed by atoms with Gasteiger partial charge in [0.15, 0.2) is 5.78 Å². The Balaban J connectivity index is 2.32. The summed E-state index contributed by atoms with van der Waals surface area (Å²) in [5.74, 6) is 0.204. The largest absolute Gasteiger partial charge is 0.372 e. The van der Waals surface area contributed by atoms with E-state index in [-0.39, 0.29) is 28.6 Å². The predicted octanol–water partition coefficient (Wildman–Crippen LogP) is 6.73. The monoisotopic (exact) mass is 398 g/mol. The van der Waals surface area contributed by atoms with Crippen LogP contribution >= 0.6 is 11.6 Å². The Morgan fingerprint density at radius 3 is 2.07 bits per heavy atom. The average molecular weight is 399 g/mol. The Labute approximate surface area is 174 Å². The molecule has 0 unspecified atom stereocenters. The standard InChI is InChI=1S/C25H31ClO2/c1-8-16-15-28-22(17-11-9-10-12-20(17)26)25(16)13-18(23(2,3)4)21(27)19(14-25)24(5,6)7/h8-14,16,22H,1,15H2,2-7H3/t16-,22+/m0/s1. The minimum absolute atomic E-state index is 0.0663. The number of carbonyl (C=O) groups is 1. The lowest BCUT2D eigenvalue weighted by atomic mass is 9.61. The second-order valence-corrected chi connectivity index (χ2v) is 10.4. The third-order valence-electron chi connectivity index (χ3n) is 5.90. The van der Waals surface area contributed by atoms with Gasteiger partial charge in [-0.1, -0.05) is 89.6 Å². The molecule has 1 aromatic rings. The number of hydrogen-bond acceptors (Lipinski definition) is 2. The molecule has 0 aromatic heterocycles. The van der Waals surface area contributed by atoms with Gasteiger partial charge in [0.1, 0.15) is 0 Å². The number of halogens is 1. The Hall–Kier alpha value is -1.64. The molecular weight excluding hydrogens is 368 g/mol. The Bertz CT molecular complexity index is 827. The molecule has 0 amide bonds. The molecule has 1 aromatic carbocycles. The zero-order valence-corrected chi connectivity index (χ0v) is 18.6. The second kappa shape index (κ2) is 7.00. The van der Waals surface area contributed by atoms with Crippen molar-refractivity contribution >= 4 is 17.4 Å². The smallest absolute Gasteiger partial charge is 0.185 e. The maximum Gasteiger partial charge on any atom is 0.185 e. The van der Waals surface area contributed by atoms with E-state index in [1.807, 2.05) is 30.3 Å². The fraction of sp³-hybridized carbons (Fsp3) is 0.480. The molecule has 1 aliphatic heterocycles. The molecule has 2 aliphatic rings. The summed E-state index contributed by atoms with van der Waals surface area (Å²) in [6.45, 7) is 17.2. The molecular formula is C25H31ClO2. The van der Waals surface area contributed by atoms with Gasteiger partial charge in [-0.05, 0) is 16.9 Å². The van der Waals surface area contributed by atoms with E-state index in [1.165, 1.54) is 0 Å². The van der Waals surface area contributed by atoms with Crippen LogP contribution in [0.3, 0.4) is 0 Å². The van der Waals surface area contributed by atoms with E-state index in [0.29, 0.717) is 11.6 Å². The molecule has 28 heavy (non-hydrogen) atoms. The summed E-state index contributed by atoms with van der Waals surface area (Å²) in [6, 6.07) is 7.82. The van der Waals surface area contributed by atoms with Crippen molar-refractivity contribution in [2.75, 3.05) is 6.61 Å². The maximum absolute atomic E-state index is 13.4. The van der Waals surface area contributed by atoms with Crippen molar-refractivity contribution in [1.82, 2.24) is 0 Å². The van der Waals surface area contributed by atoms with E-state index in [4.69, 9.17) is 16.3 Å². The zero-order valence-electron chi connectivity index (χ0n) is 17.8. The van der Waals surface area contributed by atoms with Gasteiger partial charge in [-0.3, -0.25) is 4.79 Å². The SMILES string of the molecule is C=C[C@H]1CO[C@H](c2ccccc2Cl)C12C=C(C(C)(C)C)C(=O)C(C(C)(C)C)=C2. The topological polar surface area (TPSA) is 26.3 Å². The molecule has 2 nitrogen and oxygen atoms in total. The van der Waals surface area contributed by atoms with Gasteiger partial charge in [-0.2, -0.15) is 0 Å². The number of allylic oxidation sites excluding steroid dienone is 2. The van der Waals surface area contributed by atoms with Crippen LogP contribution in [-0.4, -0.2) is 12.4 Å². The summed E-state index contributed by atoms with van der Waals surface area (Å²) in [5.41, 5.74) is 1.62. The first-order chi connectivity index (χ1) is 12.9. The zero-order chi connectivity index (χ0) is 20.9. The van der Waals surface area contributed by atoms with Crippen LogP contribution in [0, 0.1) is 22.2 Å². The predicted molar refractivity (Wildman–Crippen MR) is 116 cm³/mol. The first-order valence-corrected chi connectivity index (χ1v) is 10.3. The van der Waals surface area contributed by atoms with Crippen LogP contribution in [0.15, 0.2) is 60.2 Å². The minimum atomic E-state index is -0.480. The van der Waals surface area contributed by atoms with Gasteiger partial charge < -0.3 is 4.74 Å². The first kappa shape index (κ1) is 21.1. The van der Waals surface area contributed by atoms with Crippen molar-refractivity contribution in [1.29, 1.82) is 0 Å². The van der Waals surface area contributed by atoms with E-state index in [0.717, 1.165) is 16.7 Å². The number of Topliss-reactive ketones (excluding diaryl/α,β-unsaturated/α-hetero) is 1. The Morgan fingerprint density at radius 2 is 1.61 bits per heavy atom. The summed E-state index contributed by atoms with van der Waals surface area (Å²) >= 11 is 6.56. The van der Waals surface area contributed by atoms with Gasteiger partial charge in [0.05, 0.1) is 12.7 Å². The summed E-state index contributed by atoms with van der Waals surface area (Å²) in [7, 11) is 0. The van der Waals surface area contributed by atoms with Crippen molar-refractivity contribution in [3.8, 4) is 0 Å². The third kappa shape index (κ3) is 3.42. The van der Waals surface area contributed by atoms with E-state index in [2.05, 4.69) is 60.3 Å². The van der Waals surface area contributed by atoms with Gasteiger partial charge >= 0.3 is 0 Å². The number of rotatable bonds is 2. The fourth-order valence-corrected chi connectivity index (χ4v) is 4.53. The van der Waals surface area contributed by atoms with Gasteiger partial charge in [0.2, 0.25) is 0 Å². The molecule has 1 heterocycles. The molecule has 0 bridgehead atoms. The highest BCUT2D eigenvalue weighted by Crippen LogP contribution is 2.57. The molecule has 150 valence electrons. The molecule has 0 saturated carbocycles. The second-order valence-electron chi connectivity index (χ2n) is 10.0. The van der Waals surface area contributed by atoms with E-state index < -0.39 is 5.41 Å². The van der Waals surface area contributed by atoms with Crippen molar-refractivity contribution in [3.05, 3.63) is 70.8 Å². The molecule has 3 rings (SSSR count). The summed E-state index contributed by atoms with van der Waals surface area (Å²) in [6.07, 6.45) is 6.00.